The van der Waals surface area contributed by atoms with Gasteiger partial charge in [0, 0.05) is 32.0 Å². The number of aromatic nitrogens is 2. The van der Waals surface area contributed by atoms with Crippen molar-refractivity contribution in [2.75, 3.05) is 24.5 Å². The highest BCUT2D eigenvalue weighted by atomic mass is 32.2. The molecule has 1 aromatic rings. The highest BCUT2D eigenvalue weighted by Crippen LogP contribution is 2.28. The highest BCUT2D eigenvalue weighted by Gasteiger charge is 2.35. The normalized spacial score (nSPS) is 21.1. The molecular formula is C13H20N4O2S. The Morgan fingerprint density at radius 1 is 1.15 bits per heavy atom. The van der Waals surface area contributed by atoms with E-state index < -0.39 is 10.0 Å². The Morgan fingerprint density at radius 3 is 2.40 bits per heavy atom. The van der Waals surface area contributed by atoms with Crippen LogP contribution in [0.25, 0.3) is 0 Å². The summed E-state index contributed by atoms with van der Waals surface area (Å²) in [5.41, 5.74) is 0. The van der Waals surface area contributed by atoms with Gasteiger partial charge in [0.25, 0.3) is 0 Å². The van der Waals surface area contributed by atoms with E-state index in [0.29, 0.717) is 12.5 Å². The maximum atomic E-state index is 11.8. The first-order valence-corrected chi connectivity index (χ1v) is 8.70. The Labute approximate surface area is 119 Å². The van der Waals surface area contributed by atoms with E-state index >= 15 is 0 Å². The topological polar surface area (TPSA) is 75.2 Å². The van der Waals surface area contributed by atoms with Gasteiger partial charge in [-0.25, -0.2) is 23.1 Å². The van der Waals surface area contributed by atoms with Gasteiger partial charge in [0.1, 0.15) is 0 Å². The van der Waals surface area contributed by atoms with Gasteiger partial charge in [-0.3, -0.25) is 0 Å². The number of anilines is 1. The molecule has 2 heterocycles. The number of hydrogen-bond donors (Lipinski definition) is 1. The van der Waals surface area contributed by atoms with Crippen molar-refractivity contribution in [1.29, 1.82) is 0 Å². The van der Waals surface area contributed by atoms with E-state index in [1.807, 2.05) is 6.07 Å². The smallest absolute Gasteiger partial charge is 0.225 e. The monoisotopic (exact) mass is 296 g/mol. The largest absolute Gasteiger partial charge is 0.341 e. The summed E-state index contributed by atoms with van der Waals surface area (Å²) in [6, 6.07) is 1.81. The molecule has 3 rings (SSSR count). The summed E-state index contributed by atoms with van der Waals surface area (Å²) in [4.78, 5) is 10.7. The molecule has 20 heavy (non-hydrogen) atoms. The van der Waals surface area contributed by atoms with Crippen molar-refractivity contribution in [3.8, 4) is 0 Å². The minimum atomic E-state index is -3.04. The van der Waals surface area contributed by atoms with Crippen molar-refractivity contribution in [3.63, 3.8) is 0 Å². The van der Waals surface area contributed by atoms with E-state index in [0.717, 1.165) is 44.7 Å². The number of hydrogen-bond acceptors (Lipinski definition) is 5. The first-order valence-electron chi connectivity index (χ1n) is 7.15. The first kappa shape index (κ1) is 13.8. The van der Waals surface area contributed by atoms with E-state index in [1.54, 1.807) is 12.4 Å². The van der Waals surface area contributed by atoms with E-state index in [9.17, 15) is 8.42 Å². The van der Waals surface area contributed by atoms with Crippen molar-refractivity contribution in [2.24, 2.45) is 5.92 Å². The molecule has 1 saturated carbocycles. The quantitative estimate of drug-likeness (QED) is 0.869. The Hall–Kier alpha value is -1.21. The standard InChI is InChI=1S/C13H20N4O2S/c18-20(19,12-2-3-12)16-10-11-4-8-17(9-5-11)13-14-6-1-7-15-13/h1,6-7,11-12,16H,2-5,8-10H2. The highest BCUT2D eigenvalue weighted by molar-refractivity contribution is 7.90. The van der Waals surface area contributed by atoms with Crippen LogP contribution in [0.5, 0.6) is 0 Å². The van der Waals surface area contributed by atoms with Gasteiger partial charge in [-0.15, -0.1) is 0 Å². The molecule has 0 amide bonds. The minimum Gasteiger partial charge on any atom is -0.341 e. The Morgan fingerprint density at radius 2 is 1.80 bits per heavy atom. The summed E-state index contributed by atoms with van der Waals surface area (Å²) >= 11 is 0. The van der Waals surface area contributed by atoms with Crippen molar-refractivity contribution in [3.05, 3.63) is 18.5 Å². The molecule has 7 heteroatoms. The van der Waals surface area contributed by atoms with Crippen LogP contribution in [-0.2, 0) is 10.0 Å². The van der Waals surface area contributed by atoms with Gasteiger partial charge in [0.15, 0.2) is 0 Å². The Kier molecular flexibility index (Phi) is 3.89. The lowest BCUT2D eigenvalue weighted by Gasteiger charge is -2.31. The summed E-state index contributed by atoms with van der Waals surface area (Å²) < 4.78 is 26.3. The zero-order valence-electron chi connectivity index (χ0n) is 11.4. The lowest BCUT2D eigenvalue weighted by Crippen LogP contribution is -2.40. The second kappa shape index (κ2) is 5.65. The molecule has 1 aromatic heterocycles. The number of piperidine rings is 1. The maximum Gasteiger partial charge on any atom is 0.225 e. The van der Waals surface area contributed by atoms with Crippen LogP contribution in [0, 0.1) is 5.92 Å². The zero-order chi connectivity index (χ0) is 14.0. The second-order valence-corrected chi connectivity index (χ2v) is 7.62. The molecule has 1 aliphatic heterocycles. The van der Waals surface area contributed by atoms with Crippen molar-refractivity contribution < 1.29 is 8.42 Å². The third kappa shape index (κ3) is 3.27. The molecule has 0 atom stereocenters. The summed E-state index contributed by atoms with van der Waals surface area (Å²) in [6.45, 7) is 2.35. The molecule has 2 fully saturated rings. The van der Waals surface area contributed by atoms with Crippen molar-refractivity contribution in [2.45, 2.75) is 30.9 Å². The van der Waals surface area contributed by atoms with E-state index in [2.05, 4.69) is 19.6 Å². The molecule has 1 aliphatic carbocycles. The van der Waals surface area contributed by atoms with Gasteiger partial charge in [0.05, 0.1) is 5.25 Å². The molecule has 1 N–H and O–H groups in total. The lowest BCUT2D eigenvalue weighted by molar-refractivity contribution is 0.399. The summed E-state index contributed by atoms with van der Waals surface area (Å²) in [6.07, 6.45) is 7.09. The average molecular weight is 296 g/mol. The fourth-order valence-corrected chi connectivity index (χ4v) is 3.98. The maximum absolute atomic E-state index is 11.8. The average Bonchev–Trinajstić information content (AvgIpc) is 3.32. The SMILES string of the molecule is O=S(=O)(NCC1CCN(c2ncccn2)CC1)C1CC1. The predicted octanol–water partition coefficient (Wildman–Crippen LogP) is 0.775. The molecule has 1 saturated heterocycles. The zero-order valence-corrected chi connectivity index (χ0v) is 12.2. The molecule has 0 radical (unpaired) electrons. The van der Waals surface area contributed by atoms with Crippen LogP contribution in [0.15, 0.2) is 18.5 Å². The lowest BCUT2D eigenvalue weighted by atomic mass is 9.97. The van der Waals surface area contributed by atoms with Crippen LogP contribution >= 0.6 is 0 Å². The molecule has 110 valence electrons. The number of nitrogens with one attached hydrogen (secondary N) is 1. The fourth-order valence-electron chi connectivity index (χ4n) is 2.52. The van der Waals surface area contributed by atoms with Crippen LogP contribution in [0.2, 0.25) is 0 Å². The third-order valence-electron chi connectivity index (χ3n) is 3.99. The van der Waals surface area contributed by atoms with E-state index in [1.165, 1.54) is 0 Å². The van der Waals surface area contributed by atoms with Gasteiger partial charge in [-0.2, -0.15) is 0 Å². The summed E-state index contributed by atoms with van der Waals surface area (Å²) in [7, 11) is -3.04. The summed E-state index contributed by atoms with van der Waals surface area (Å²) in [5.74, 6) is 1.19. The fraction of sp³-hybridized carbons (Fsp3) is 0.692. The van der Waals surface area contributed by atoms with E-state index in [4.69, 9.17) is 0 Å². The number of nitrogens with zero attached hydrogens (tertiary/aromatic N) is 3. The Balaban J connectivity index is 1.47. The van der Waals surface area contributed by atoms with Crippen LogP contribution < -0.4 is 9.62 Å². The van der Waals surface area contributed by atoms with Crippen molar-refractivity contribution in [1.82, 2.24) is 14.7 Å². The van der Waals surface area contributed by atoms with Crippen LogP contribution in [-0.4, -0.2) is 43.3 Å². The van der Waals surface area contributed by atoms with Crippen LogP contribution in [0.1, 0.15) is 25.7 Å². The predicted molar refractivity (Wildman–Crippen MR) is 76.9 cm³/mol. The van der Waals surface area contributed by atoms with Gasteiger partial charge < -0.3 is 4.90 Å². The van der Waals surface area contributed by atoms with Gasteiger partial charge >= 0.3 is 0 Å². The first-order chi connectivity index (χ1) is 9.65. The molecule has 0 unspecified atom stereocenters. The van der Waals surface area contributed by atoms with Gasteiger partial charge in [0.2, 0.25) is 16.0 Å². The third-order valence-corrected chi connectivity index (χ3v) is 5.90. The van der Waals surface area contributed by atoms with Gasteiger partial charge in [-0.1, -0.05) is 0 Å². The molecule has 0 aromatic carbocycles. The molecule has 2 aliphatic rings. The number of sulfonamides is 1. The molecule has 0 bridgehead atoms. The van der Waals surface area contributed by atoms with Crippen LogP contribution in [0.4, 0.5) is 5.95 Å². The minimum absolute atomic E-state index is 0.125. The second-order valence-electron chi connectivity index (χ2n) is 5.57. The summed E-state index contributed by atoms with van der Waals surface area (Å²) in [5, 5.41) is -0.125. The number of rotatable bonds is 5. The molecule has 6 nitrogen and oxygen atoms in total. The molecule has 0 spiro atoms. The van der Waals surface area contributed by atoms with Crippen molar-refractivity contribution >= 4 is 16.0 Å². The van der Waals surface area contributed by atoms with Gasteiger partial charge in [-0.05, 0) is 37.7 Å². The van der Waals surface area contributed by atoms with Crippen LogP contribution in [0.3, 0.4) is 0 Å². The Bertz CT molecular complexity index is 537. The molecular weight excluding hydrogens is 276 g/mol. The van der Waals surface area contributed by atoms with E-state index in [-0.39, 0.29) is 5.25 Å².